The fraction of sp³-hybridized carbons (Fsp3) is 0.571. The van der Waals surface area contributed by atoms with Crippen LogP contribution in [0.1, 0.15) is 25.0 Å². The van der Waals surface area contributed by atoms with Crippen LogP contribution in [0.4, 0.5) is 4.39 Å². The summed E-state index contributed by atoms with van der Waals surface area (Å²) in [4.78, 5) is 2.26. The van der Waals surface area contributed by atoms with Crippen molar-refractivity contribution in [3.8, 4) is 0 Å². The van der Waals surface area contributed by atoms with Crippen LogP contribution in [0.3, 0.4) is 0 Å². The maximum Gasteiger partial charge on any atom is 0.127 e. The van der Waals surface area contributed by atoms with Crippen LogP contribution >= 0.6 is 12.4 Å². The zero-order valence-electron chi connectivity index (χ0n) is 11.0. The Morgan fingerprint density at radius 2 is 2.11 bits per heavy atom. The molecule has 102 valence electrons. The van der Waals surface area contributed by atoms with Crippen LogP contribution < -0.4 is 5.73 Å². The predicted molar refractivity (Wildman–Crippen MR) is 75.4 cm³/mol. The van der Waals surface area contributed by atoms with Crippen LogP contribution in [-0.2, 0) is 13.0 Å². The highest BCUT2D eigenvalue weighted by Crippen LogP contribution is 2.21. The number of benzene rings is 1. The molecule has 1 aromatic carbocycles. The van der Waals surface area contributed by atoms with Gasteiger partial charge in [-0.1, -0.05) is 26.0 Å². The smallest absolute Gasteiger partial charge is 0.127 e. The Bertz CT molecular complexity index is 387. The quantitative estimate of drug-likeness (QED) is 0.916. The molecule has 0 bridgehead atoms. The standard InChI is InChI=1S/C14H21FN2.ClH/c1-3-11-5-4-6-13(15)12(11)8-17-7-10(2)14(16)9-17;/h4-6,10,14H,3,7-9,16H2,1-2H3;1H. The molecule has 18 heavy (non-hydrogen) atoms. The third kappa shape index (κ3) is 3.22. The summed E-state index contributed by atoms with van der Waals surface area (Å²) in [7, 11) is 0. The first-order valence-electron chi connectivity index (χ1n) is 6.36. The lowest BCUT2D eigenvalue weighted by molar-refractivity contribution is 0.312. The first kappa shape index (κ1) is 15.4. The molecule has 0 aliphatic carbocycles. The van der Waals surface area contributed by atoms with Crippen molar-refractivity contribution in [1.29, 1.82) is 0 Å². The largest absolute Gasteiger partial charge is 0.326 e. The number of halogens is 2. The monoisotopic (exact) mass is 272 g/mol. The van der Waals surface area contributed by atoms with Crippen LogP contribution in [0.2, 0.25) is 0 Å². The van der Waals surface area contributed by atoms with E-state index in [-0.39, 0.29) is 24.3 Å². The Labute approximate surface area is 115 Å². The Morgan fingerprint density at radius 1 is 1.39 bits per heavy atom. The second kappa shape index (κ2) is 6.50. The summed E-state index contributed by atoms with van der Waals surface area (Å²) >= 11 is 0. The second-order valence-corrected chi connectivity index (χ2v) is 5.07. The molecule has 0 radical (unpaired) electrons. The first-order chi connectivity index (χ1) is 8.11. The highest BCUT2D eigenvalue weighted by Gasteiger charge is 2.27. The molecule has 2 rings (SSSR count). The van der Waals surface area contributed by atoms with Crippen LogP contribution in [-0.4, -0.2) is 24.0 Å². The van der Waals surface area contributed by atoms with E-state index in [1.165, 1.54) is 0 Å². The van der Waals surface area contributed by atoms with Gasteiger partial charge in [0, 0.05) is 31.2 Å². The van der Waals surface area contributed by atoms with Crippen LogP contribution in [0.15, 0.2) is 18.2 Å². The van der Waals surface area contributed by atoms with Crippen LogP contribution in [0.25, 0.3) is 0 Å². The van der Waals surface area contributed by atoms with Gasteiger partial charge < -0.3 is 5.73 Å². The lowest BCUT2D eigenvalue weighted by Gasteiger charge is -2.18. The summed E-state index contributed by atoms with van der Waals surface area (Å²) in [5.74, 6) is 0.421. The van der Waals surface area contributed by atoms with Crippen molar-refractivity contribution in [2.75, 3.05) is 13.1 Å². The molecule has 1 saturated heterocycles. The Kier molecular flexibility index (Phi) is 5.57. The lowest BCUT2D eigenvalue weighted by Crippen LogP contribution is -2.28. The molecule has 0 spiro atoms. The van der Waals surface area contributed by atoms with Gasteiger partial charge in [-0.25, -0.2) is 4.39 Å². The molecule has 0 aromatic heterocycles. The molecule has 1 aromatic rings. The van der Waals surface area contributed by atoms with Gasteiger partial charge in [-0.2, -0.15) is 0 Å². The molecular weight excluding hydrogens is 251 g/mol. The summed E-state index contributed by atoms with van der Waals surface area (Å²) in [6.45, 7) is 6.76. The van der Waals surface area contributed by atoms with E-state index in [9.17, 15) is 4.39 Å². The molecular formula is C14H22ClFN2. The van der Waals surface area contributed by atoms with Gasteiger partial charge in [0.05, 0.1) is 0 Å². The Hall–Kier alpha value is -0.640. The van der Waals surface area contributed by atoms with E-state index in [4.69, 9.17) is 5.73 Å². The first-order valence-corrected chi connectivity index (χ1v) is 6.36. The highest BCUT2D eigenvalue weighted by molar-refractivity contribution is 5.85. The van der Waals surface area contributed by atoms with E-state index in [2.05, 4.69) is 18.7 Å². The summed E-state index contributed by atoms with van der Waals surface area (Å²) in [5, 5.41) is 0. The molecule has 0 amide bonds. The van der Waals surface area contributed by atoms with Crippen molar-refractivity contribution >= 4 is 12.4 Å². The minimum absolute atomic E-state index is 0. The SMILES string of the molecule is CCc1cccc(F)c1CN1CC(C)C(N)C1.Cl. The highest BCUT2D eigenvalue weighted by atomic mass is 35.5. The van der Waals surface area contributed by atoms with Gasteiger partial charge in [0.25, 0.3) is 0 Å². The molecule has 1 aliphatic heterocycles. The van der Waals surface area contributed by atoms with E-state index in [1.54, 1.807) is 12.1 Å². The van der Waals surface area contributed by atoms with E-state index < -0.39 is 0 Å². The third-order valence-corrected chi connectivity index (χ3v) is 3.72. The van der Waals surface area contributed by atoms with Gasteiger partial charge >= 0.3 is 0 Å². The molecule has 0 saturated carbocycles. The molecule has 2 unspecified atom stereocenters. The number of hydrogen-bond acceptors (Lipinski definition) is 2. The van der Waals surface area contributed by atoms with Crippen LogP contribution in [0.5, 0.6) is 0 Å². The number of aryl methyl sites for hydroxylation is 1. The van der Waals surface area contributed by atoms with Crippen molar-refractivity contribution in [3.63, 3.8) is 0 Å². The lowest BCUT2D eigenvalue weighted by atomic mass is 10.0. The summed E-state index contributed by atoms with van der Waals surface area (Å²) in [5.41, 5.74) is 7.95. The van der Waals surface area contributed by atoms with E-state index >= 15 is 0 Å². The molecule has 1 fully saturated rings. The number of rotatable bonds is 3. The van der Waals surface area contributed by atoms with Gasteiger partial charge in [0.15, 0.2) is 0 Å². The summed E-state index contributed by atoms with van der Waals surface area (Å²) in [6, 6.07) is 5.58. The fourth-order valence-electron chi connectivity index (χ4n) is 2.56. The molecule has 2 N–H and O–H groups in total. The minimum atomic E-state index is -0.0857. The van der Waals surface area contributed by atoms with Gasteiger partial charge in [0.2, 0.25) is 0 Å². The minimum Gasteiger partial charge on any atom is -0.326 e. The second-order valence-electron chi connectivity index (χ2n) is 5.07. The number of hydrogen-bond donors (Lipinski definition) is 1. The third-order valence-electron chi connectivity index (χ3n) is 3.72. The fourth-order valence-corrected chi connectivity index (χ4v) is 2.56. The summed E-state index contributed by atoms with van der Waals surface area (Å²) < 4.78 is 13.8. The number of likely N-dealkylation sites (tertiary alicyclic amines) is 1. The average Bonchev–Trinajstić information content (AvgIpc) is 2.61. The predicted octanol–water partition coefficient (Wildman–Crippen LogP) is 2.59. The van der Waals surface area contributed by atoms with E-state index in [0.717, 1.165) is 30.6 Å². The zero-order chi connectivity index (χ0) is 12.4. The van der Waals surface area contributed by atoms with Crippen molar-refractivity contribution in [2.24, 2.45) is 11.7 Å². The molecule has 4 heteroatoms. The topological polar surface area (TPSA) is 29.3 Å². The Balaban J connectivity index is 0.00000162. The molecule has 2 atom stereocenters. The van der Waals surface area contributed by atoms with E-state index in [1.807, 2.05) is 6.07 Å². The maximum absolute atomic E-state index is 13.8. The molecule has 1 aliphatic rings. The Morgan fingerprint density at radius 3 is 2.67 bits per heavy atom. The maximum atomic E-state index is 13.8. The van der Waals surface area contributed by atoms with Crippen molar-refractivity contribution in [2.45, 2.75) is 32.9 Å². The normalized spacial score (nSPS) is 24.0. The average molecular weight is 273 g/mol. The van der Waals surface area contributed by atoms with Gasteiger partial charge in [-0.3, -0.25) is 4.90 Å². The molecule has 2 nitrogen and oxygen atoms in total. The van der Waals surface area contributed by atoms with Gasteiger partial charge in [0.1, 0.15) is 5.82 Å². The number of nitrogens with zero attached hydrogens (tertiary/aromatic N) is 1. The van der Waals surface area contributed by atoms with Gasteiger partial charge in [-0.05, 0) is 24.0 Å². The van der Waals surface area contributed by atoms with Gasteiger partial charge in [-0.15, -0.1) is 12.4 Å². The van der Waals surface area contributed by atoms with E-state index in [0.29, 0.717) is 12.5 Å². The van der Waals surface area contributed by atoms with Crippen molar-refractivity contribution < 1.29 is 4.39 Å². The van der Waals surface area contributed by atoms with Crippen molar-refractivity contribution in [1.82, 2.24) is 4.90 Å². The molecule has 1 heterocycles. The van der Waals surface area contributed by atoms with Crippen molar-refractivity contribution in [3.05, 3.63) is 35.1 Å². The zero-order valence-corrected chi connectivity index (χ0v) is 11.8. The summed E-state index contributed by atoms with van der Waals surface area (Å²) in [6.07, 6.45) is 0.878. The number of nitrogens with two attached hydrogens (primary N) is 1. The van der Waals surface area contributed by atoms with Crippen LogP contribution in [0, 0.1) is 11.7 Å².